The summed E-state index contributed by atoms with van der Waals surface area (Å²) in [7, 11) is 1.76. The molecule has 2 aliphatic heterocycles. The summed E-state index contributed by atoms with van der Waals surface area (Å²) in [6.07, 6.45) is 4.24. The van der Waals surface area contributed by atoms with Gasteiger partial charge in [0.1, 0.15) is 46.9 Å². The van der Waals surface area contributed by atoms with Crippen LogP contribution in [0.15, 0.2) is 66.5 Å². The number of piperidine rings is 1. The number of ether oxygens (including phenoxy) is 1. The monoisotopic (exact) mass is 639 g/mol. The van der Waals surface area contributed by atoms with Gasteiger partial charge in [0.25, 0.3) is 5.91 Å². The van der Waals surface area contributed by atoms with E-state index in [2.05, 4.69) is 21.4 Å². The molecule has 1 atom stereocenters. The number of nitrogens with one attached hydrogen (secondary N) is 2. The van der Waals surface area contributed by atoms with Crippen LogP contribution in [0, 0.1) is 22.6 Å². The maximum absolute atomic E-state index is 15.3. The Kier molecular flexibility index (Phi) is 9.81. The number of carbonyl (C=O) groups is 2. The Balaban J connectivity index is 1.30. The van der Waals surface area contributed by atoms with Gasteiger partial charge in [-0.2, -0.15) is 5.26 Å². The number of rotatable bonds is 9. The quantitative estimate of drug-likeness (QED) is 0.179. The van der Waals surface area contributed by atoms with Gasteiger partial charge in [0.15, 0.2) is 0 Å². The zero-order chi connectivity index (χ0) is 33.7. The number of nitrogen functional groups attached to an aromatic ring is 1. The normalized spacial score (nSPS) is 17.6. The standard InChI is InChI=1S/C34H38FN9O3/c1-34(2,44-15-14-42(3)28(45)20-44)17-22(18-36)33(46)43-13-7-8-23(19-43)41-32-29(31(38)39-21-40-32)30(37)26-12-11-25(16-27(26)35)47-24-9-5-4-6-10-24/h4-6,9-12,16-17,21,23,37H,7-8,13-15,19-20H2,1-3H3,(H3,38,39,40,41)/b22-17+,37-30?. The van der Waals surface area contributed by atoms with Gasteiger partial charge < -0.3 is 25.6 Å². The minimum absolute atomic E-state index is 0.000395. The first kappa shape index (κ1) is 33.0. The molecular weight excluding hydrogens is 601 g/mol. The zero-order valence-electron chi connectivity index (χ0n) is 26.7. The van der Waals surface area contributed by atoms with Crippen LogP contribution in [0.4, 0.5) is 16.0 Å². The highest BCUT2D eigenvalue weighted by Gasteiger charge is 2.34. The summed E-state index contributed by atoms with van der Waals surface area (Å²) in [6.45, 7) is 5.90. The SMILES string of the molecule is CN1CCN(C(C)(C)/C=C(\C#N)C(=O)N2CCCC(Nc3ncnc(N)c3C(=N)c3ccc(Oc4ccccc4)cc3F)C2)CC1=O. The van der Waals surface area contributed by atoms with Crippen molar-refractivity contribution in [2.75, 3.05) is 50.8 Å². The number of carbonyl (C=O) groups excluding carboxylic acids is 2. The van der Waals surface area contributed by atoms with Crippen LogP contribution in [-0.2, 0) is 9.59 Å². The van der Waals surface area contributed by atoms with E-state index in [9.17, 15) is 14.9 Å². The van der Waals surface area contributed by atoms with Crippen molar-refractivity contribution in [3.8, 4) is 17.6 Å². The Labute approximate surface area is 273 Å². The van der Waals surface area contributed by atoms with Crippen LogP contribution in [0.5, 0.6) is 11.5 Å². The molecule has 3 aromatic rings. The Morgan fingerprint density at radius 1 is 1.17 bits per heavy atom. The topological polar surface area (TPSA) is 165 Å². The van der Waals surface area contributed by atoms with Crippen LogP contribution >= 0.6 is 0 Å². The van der Waals surface area contributed by atoms with Gasteiger partial charge in [-0.05, 0) is 57.0 Å². The molecule has 244 valence electrons. The van der Waals surface area contributed by atoms with Crippen LogP contribution in [0.2, 0.25) is 0 Å². The molecule has 3 heterocycles. The number of benzene rings is 2. The molecule has 2 fully saturated rings. The molecule has 12 nitrogen and oxygen atoms in total. The average Bonchev–Trinajstić information content (AvgIpc) is 3.05. The number of hydrogen-bond acceptors (Lipinski definition) is 10. The van der Waals surface area contributed by atoms with Gasteiger partial charge in [0, 0.05) is 56.4 Å². The molecule has 0 saturated carbocycles. The van der Waals surface area contributed by atoms with Crippen molar-refractivity contribution in [1.82, 2.24) is 24.7 Å². The highest BCUT2D eigenvalue weighted by Crippen LogP contribution is 2.29. The molecule has 1 unspecified atom stereocenters. The molecule has 2 saturated heterocycles. The second kappa shape index (κ2) is 14.0. The highest BCUT2D eigenvalue weighted by atomic mass is 19.1. The largest absolute Gasteiger partial charge is 0.457 e. The number of anilines is 2. The highest BCUT2D eigenvalue weighted by molar-refractivity contribution is 6.16. The second-order valence-corrected chi connectivity index (χ2v) is 12.2. The molecule has 2 aliphatic rings. The number of aromatic nitrogens is 2. The molecule has 2 amide bonds. The Morgan fingerprint density at radius 2 is 1.94 bits per heavy atom. The molecule has 0 bridgehead atoms. The van der Waals surface area contributed by atoms with Gasteiger partial charge in [-0.3, -0.25) is 19.9 Å². The number of para-hydroxylation sites is 1. The number of hydrogen-bond donors (Lipinski definition) is 3. The van der Waals surface area contributed by atoms with Crippen LogP contribution in [-0.4, -0.2) is 93.5 Å². The van der Waals surface area contributed by atoms with Crippen LogP contribution < -0.4 is 15.8 Å². The molecule has 0 aliphatic carbocycles. The Bertz CT molecular complexity index is 1740. The minimum Gasteiger partial charge on any atom is -0.457 e. The van der Waals surface area contributed by atoms with E-state index >= 15 is 4.39 Å². The van der Waals surface area contributed by atoms with Crippen molar-refractivity contribution in [1.29, 1.82) is 10.7 Å². The van der Waals surface area contributed by atoms with Crippen LogP contribution in [0.1, 0.15) is 37.8 Å². The van der Waals surface area contributed by atoms with E-state index in [1.54, 1.807) is 41.1 Å². The number of nitriles is 1. The maximum atomic E-state index is 15.3. The van der Waals surface area contributed by atoms with Crippen LogP contribution in [0.25, 0.3) is 0 Å². The van der Waals surface area contributed by atoms with Gasteiger partial charge in [-0.15, -0.1) is 0 Å². The molecule has 0 radical (unpaired) electrons. The van der Waals surface area contributed by atoms with E-state index in [-0.39, 0.29) is 64.8 Å². The predicted octanol–water partition coefficient (Wildman–Crippen LogP) is 3.81. The summed E-state index contributed by atoms with van der Waals surface area (Å²) in [5, 5.41) is 22.1. The molecule has 47 heavy (non-hydrogen) atoms. The van der Waals surface area contributed by atoms with Crippen molar-refractivity contribution < 1.29 is 18.7 Å². The van der Waals surface area contributed by atoms with E-state index in [0.717, 1.165) is 0 Å². The maximum Gasteiger partial charge on any atom is 0.264 e. The molecule has 0 spiro atoms. The van der Waals surface area contributed by atoms with Crippen LogP contribution in [0.3, 0.4) is 0 Å². The third kappa shape index (κ3) is 7.56. The van der Waals surface area contributed by atoms with E-state index < -0.39 is 17.3 Å². The minimum atomic E-state index is -0.694. The number of piperazine rings is 1. The summed E-state index contributed by atoms with van der Waals surface area (Å²) >= 11 is 0. The molecular formula is C34H38FN9O3. The smallest absolute Gasteiger partial charge is 0.264 e. The van der Waals surface area contributed by atoms with Crippen molar-refractivity contribution in [2.24, 2.45) is 0 Å². The number of nitrogens with zero attached hydrogens (tertiary/aromatic N) is 6. The van der Waals surface area contributed by atoms with Gasteiger partial charge in [0.05, 0.1) is 17.8 Å². The number of likely N-dealkylation sites (N-methyl/N-ethyl adjacent to an activating group) is 1. The summed E-state index contributed by atoms with van der Waals surface area (Å²) < 4.78 is 21.0. The molecule has 4 N–H and O–H groups in total. The number of amides is 2. The zero-order valence-corrected chi connectivity index (χ0v) is 26.7. The summed E-state index contributed by atoms with van der Waals surface area (Å²) in [6, 6.07) is 15.0. The predicted molar refractivity (Wildman–Crippen MR) is 176 cm³/mol. The van der Waals surface area contributed by atoms with E-state index in [1.165, 1.54) is 18.5 Å². The second-order valence-electron chi connectivity index (χ2n) is 12.2. The fourth-order valence-corrected chi connectivity index (χ4v) is 5.76. The van der Waals surface area contributed by atoms with Crippen molar-refractivity contribution >= 4 is 29.2 Å². The number of likely N-dealkylation sites (tertiary alicyclic amines) is 1. The Hall–Kier alpha value is -5.35. The average molecular weight is 640 g/mol. The fourth-order valence-electron chi connectivity index (χ4n) is 5.76. The molecule has 5 rings (SSSR count). The summed E-state index contributed by atoms with van der Waals surface area (Å²) in [4.78, 5) is 39.5. The lowest BCUT2D eigenvalue weighted by Crippen LogP contribution is -2.55. The summed E-state index contributed by atoms with van der Waals surface area (Å²) in [5.74, 6) is -0.0210. The van der Waals surface area contributed by atoms with Gasteiger partial charge in [-0.25, -0.2) is 14.4 Å². The molecule has 13 heteroatoms. The number of nitrogens with two attached hydrogens (primary N) is 1. The van der Waals surface area contributed by atoms with Crippen molar-refractivity contribution in [3.05, 3.63) is 83.5 Å². The fraction of sp³-hybridized carbons (Fsp3) is 0.353. The first-order valence-electron chi connectivity index (χ1n) is 15.4. The Morgan fingerprint density at radius 3 is 2.64 bits per heavy atom. The number of halogens is 1. The molecule has 2 aromatic carbocycles. The third-order valence-electron chi connectivity index (χ3n) is 8.49. The van der Waals surface area contributed by atoms with Gasteiger partial charge in [-0.1, -0.05) is 18.2 Å². The first-order valence-corrected chi connectivity index (χ1v) is 15.4. The lowest BCUT2D eigenvalue weighted by Gasteiger charge is -2.41. The lowest BCUT2D eigenvalue weighted by atomic mass is 9.96. The summed E-state index contributed by atoms with van der Waals surface area (Å²) in [5.41, 5.74) is 5.42. The van der Waals surface area contributed by atoms with Gasteiger partial charge in [0.2, 0.25) is 5.91 Å². The van der Waals surface area contributed by atoms with E-state index in [0.29, 0.717) is 38.2 Å². The third-order valence-corrected chi connectivity index (χ3v) is 8.49. The van der Waals surface area contributed by atoms with Gasteiger partial charge >= 0.3 is 0 Å². The van der Waals surface area contributed by atoms with Crippen molar-refractivity contribution in [2.45, 2.75) is 38.3 Å². The van der Waals surface area contributed by atoms with Crippen molar-refractivity contribution in [3.63, 3.8) is 0 Å². The lowest BCUT2D eigenvalue weighted by molar-refractivity contribution is -0.136. The molecule has 1 aromatic heterocycles. The van der Waals surface area contributed by atoms with E-state index in [1.807, 2.05) is 36.9 Å². The first-order chi connectivity index (χ1) is 22.5. The van der Waals surface area contributed by atoms with E-state index in [4.69, 9.17) is 15.9 Å².